The Hall–Kier alpha value is -1.51. The third-order valence-electron chi connectivity index (χ3n) is 2.68. The lowest BCUT2D eigenvalue weighted by atomic mass is 10.2. The number of thiophene rings is 1. The molecule has 0 saturated heterocycles. The molecule has 3 heteroatoms. The van der Waals surface area contributed by atoms with Crippen molar-refractivity contribution < 1.29 is 4.74 Å². The Morgan fingerprint density at radius 1 is 1.00 bits per heavy atom. The monoisotopic (exact) mass is 274 g/mol. The summed E-state index contributed by atoms with van der Waals surface area (Å²) in [5, 5.41) is 1.92. The van der Waals surface area contributed by atoms with Crippen molar-refractivity contribution in [3.05, 3.63) is 64.5 Å². The zero-order chi connectivity index (χ0) is 12.4. The first kappa shape index (κ1) is 11.6. The molecular weight excluding hydrogens is 264 g/mol. The maximum absolute atomic E-state index is 6.05. The number of halogens is 1. The summed E-state index contributed by atoms with van der Waals surface area (Å²) in [5.74, 6) is 0.733. The molecule has 90 valence electrons. The Kier molecular flexibility index (Phi) is 3.22. The predicted octanol–water partition coefficient (Wildman–Crippen LogP) is 5.13. The summed E-state index contributed by atoms with van der Waals surface area (Å²) >= 11 is 7.80. The quantitative estimate of drug-likeness (QED) is 0.643. The van der Waals surface area contributed by atoms with E-state index in [9.17, 15) is 0 Å². The Morgan fingerprint density at radius 2 is 1.78 bits per heavy atom. The van der Waals surface area contributed by atoms with Crippen LogP contribution in [-0.4, -0.2) is 0 Å². The first-order chi connectivity index (χ1) is 8.83. The minimum atomic E-state index is 0.559. The van der Waals surface area contributed by atoms with Crippen molar-refractivity contribution >= 4 is 33.0 Å². The van der Waals surface area contributed by atoms with Gasteiger partial charge in [0.15, 0.2) is 0 Å². The van der Waals surface area contributed by atoms with Gasteiger partial charge in [-0.25, -0.2) is 0 Å². The molecule has 1 heterocycles. The Balaban J connectivity index is 1.79. The van der Waals surface area contributed by atoms with Gasteiger partial charge >= 0.3 is 0 Å². The first-order valence-electron chi connectivity index (χ1n) is 5.68. The molecule has 2 aromatic carbocycles. The summed E-state index contributed by atoms with van der Waals surface area (Å²) in [4.78, 5) is 1.20. The van der Waals surface area contributed by atoms with Crippen LogP contribution in [0.15, 0.2) is 54.6 Å². The SMILES string of the molecule is Clc1ccccc1OCc1cc2ccccc2s1. The van der Waals surface area contributed by atoms with Crippen molar-refractivity contribution in [3.63, 3.8) is 0 Å². The number of hydrogen-bond donors (Lipinski definition) is 0. The molecule has 0 radical (unpaired) electrons. The van der Waals surface area contributed by atoms with E-state index in [1.54, 1.807) is 11.3 Å². The second-order valence-corrected chi connectivity index (χ2v) is 5.55. The van der Waals surface area contributed by atoms with Gasteiger partial charge in [-0.15, -0.1) is 11.3 Å². The van der Waals surface area contributed by atoms with Crippen molar-refractivity contribution in [2.45, 2.75) is 6.61 Å². The van der Waals surface area contributed by atoms with Crippen LogP contribution in [0, 0.1) is 0 Å². The van der Waals surface area contributed by atoms with Crippen LogP contribution in [0.4, 0.5) is 0 Å². The van der Waals surface area contributed by atoms with E-state index in [-0.39, 0.29) is 0 Å². The molecule has 0 fully saturated rings. The van der Waals surface area contributed by atoms with E-state index < -0.39 is 0 Å². The fourth-order valence-corrected chi connectivity index (χ4v) is 2.99. The molecule has 0 aliphatic heterocycles. The number of rotatable bonds is 3. The second kappa shape index (κ2) is 5.01. The van der Waals surface area contributed by atoms with E-state index in [4.69, 9.17) is 16.3 Å². The van der Waals surface area contributed by atoms with Gasteiger partial charge in [-0.1, -0.05) is 41.9 Å². The van der Waals surface area contributed by atoms with Gasteiger partial charge in [0.1, 0.15) is 12.4 Å². The molecule has 0 saturated carbocycles. The highest BCUT2D eigenvalue weighted by molar-refractivity contribution is 7.19. The smallest absolute Gasteiger partial charge is 0.138 e. The summed E-state index contributed by atoms with van der Waals surface area (Å²) in [6, 6.07) is 18.0. The van der Waals surface area contributed by atoms with Gasteiger partial charge in [-0.2, -0.15) is 0 Å². The third-order valence-corrected chi connectivity index (χ3v) is 4.08. The standard InChI is InChI=1S/C15H11ClOS/c16-13-6-2-3-7-14(13)17-10-12-9-11-5-1-4-8-15(11)18-12/h1-9H,10H2. The summed E-state index contributed by atoms with van der Waals surface area (Å²) in [7, 11) is 0. The fraction of sp³-hybridized carbons (Fsp3) is 0.0667. The number of benzene rings is 2. The van der Waals surface area contributed by atoms with Crippen molar-refractivity contribution in [1.82, 2.24) is 0 Å². The van der Waals surface area contributed by atoms with E-state index in [1.807, 2.05) is 30.3 Å². The lowest BCUT2D eigenvalue weighted by Crippen LogP contribution is -1.92. The zero-order valence-corrected chi connectivity index (χ0v) is 11.2. The molecule has 0 N–H and O–H groups in total. The lowest BCUT2D eigenvalue weighted by Gasteiger charge is -2.05. The number of ether oxygens (including phenoxy) is 1. The molecule has 1 aromatic heterocycles. The molecule has 0 bridgehead atoms. The maximum atomic E-state index is 6.05. The predicted molar refractivity (Wildman–Crippen MR) is 77.6 cm³/mol. The van der Waals surface area contributed by atoms with Crippen molar-refractivity contribution in [2.75, 3.05) is 0 Å². The summed E-state index contributed by atoms with van der Waals surface area (Å²) in [6.45, 7) is 0.559. The van der Waals surface area contributed by atoms with Crippen LogP contribution < -0.4 is 4.74 Å². The Bertz CT molecular complexity index is 642. The van der Waals surface area contributed by atoms with Crippen molar-refractivity contribution in [3.8, 4) is 5.75 Å². The highest BCUT2D eigenvalue weighted by atomic mass is 35.5. The number of para-hydroxylation sites is 1. The highest BCUT2D eigenvalue weighted by Gasteiger charge is 2.04. The van der Waals surface area contributed by atoms with Crippen LogP contribution in [-0.2, 0) is 6.61 Å². The molecule has 3 aromatic rings. The van der Waals surface area contributed by atoms with E-state index >= 15 is 0 Å². The van der Waals surface area contributed by atoms with Gasteiger partial charge in [0.05, 0.1) is 5.02 Å². The van der Waals surface area contributed by atoms with Gasteiger partial charge in [-0.05, 0) is 29.7 Å². The van der Waals surface area contributed by atoms with Gasteiger partial charge in [0.2, 0.25) is 0 Å². The third kappa shape index (κ3) is 2.35. The zero-order valence-electron chi connectivity index (χ0n) is 9.60. The second-order valence-electron chi connectivity index (χ2n) is 3.97. The fourth-order valence-electron chi connectivity index (χ4n) is 1.82. The lowest BCUT2D eigenvalue weighted by molar-refractivity contribution is 0.310. The summed E-state index contributed by atoms with van der Waals surface area (Å²) in [5.41, 5.74) is 0. The first-order valence-corrected chi connectivity index (χ1v) is 6.87. The van der Waals surface area contributed by atoms with E-state index in [1.165, 1.54) is 15.0 Å². The molecule has 0 amide bonds. The van der Waals surface area contributed by atoms with Crippen LogP contribution in [0.3, 0.4) is 0 Å². The summed E-state index contributed by atoms with van der Waals surface area (Å²) < 4.78 is 7.02. The maximum Gasteiger partial charge on any atom is 0.138 e. The Morgan fingerprint density at radius 3 is 2.61 bits per heavy atom. The molecule has 1 nitrogen and oxygen atoms in total. The molecule has 3 rings (SSSR count). The summed E-state index contributed by atoms with van der Waals surface area (Å²) in [6.07, 6.45) is 0. The Labute approximate surface area is 115 Å². The van der Waals surface area contributed by atoms with Gasteiger partial charge in [0, 0.05) is 9.58 Å². The average molecular weight is 275 g/mol. The molecule has 0 aliphatic carbocycles. The number of hydrogen-bond acceptors (Lipinski definition) is 2. The van der Waals surface area contributed by atoms with Crippen LogP contribution in [0.25, 0.3) is 10.1 Å². The minimum Gasteiger partial charge on any atom is -0.487 e. The van der Waals surface area contributed by atoms with Crippen LogP contribution in [0.5, 0.6) is 5.75 Å². The van der Waals surface area contributed by atoms with Gasteiger partial charge in [-0.3, -0.25) is 0 Å². The average Bonchev–Trinajstić information content (AvgIpc) is 2.80. The topological polar surface area (TPSA) is 9.23 Å². The molecule has 0 unspecified atom stereocenters. The van der Waals surface area contributed by atoms with Crippen LogP contribution in [0.1, 0.15) is 4.88 Å². The van der Waals surface area contributed by atoms with E-state index in [0.29, 0.717) is 11.6 Å². The molecule has 0 atom stereocenters. The van der Waals surface area contributed by atoms with Crippen LogP contribution in [0.2, 0.25) is 5.02 Å². The van der Waals surface area contributed by atoms with Crippen molar-refractivity contribution in [2.24, 2.45) is 0 Å². The highest BCUT2D eigenvalue weighted by Crippen LogP contribution is 2.28. The molecule has 0 aliphatic rings. The largest absolute Gasteiger partial charge is 0.487 e. The number of fused-ring (bicyclic) bond motifs is 1. The van der Waals surface area contributed by atoms with E-state index in [2.05, 4.69) is 24.3 Å². The normalized spacial score (nSPS) is 10.7. The van der Waals surface area contributed by atoms with Gasteiger partial charge < -0.3 is 4.74 Å². The molecule has 18 heavy (non-hydrogen) atoms. The van der Waals surface area contributed by atoms with Crippen molar-refractivity contribution in [1.29, 1.82) is 0 Å². The molecule has 0 spiro atoms. The molecular formula is C15H11ClOS. The van der Waals surface area contributed by atoms with Gasteiger partial charge in [0.25, 0.3) is 0 Å². The minimum absolute atomic E-state index is 0.559. The van der Waals surface area contributed by atoms with E-state index in [0.717, 1.165) is 5.75 Å². The van der Waals surface area contributed by atoms with Crippen LogP contribution >= 0.6 is 22.9 Å².